The molecule has 1 amide bonds. The zero-order valence-electron chi connectivity index (χ0n) is 13.9. The van der Waals surface area contributed by atoms with Gasteiger partial charge in [-0.3, -0.25) is 20.0 Å². The van der Waals surface area contributed by atoms with Crippen molar-refractivity contribution in [2.75, 3.05) is 7.11 Å². The molecule has 0 radical (unpaired) electrons. The molecule has 0 bridgehead atoms. The molecular weight excluding hydrogens is 336 g/mol. The van der Waals surface area contributed by atoms with Crippen LogP contribution in [0.3, 0.4) is 0 Å². The average Bonchev–Trinajstić information content (AvgIpc) is 3.16. The van der Waals surface area contributed by atoms with Crippen LogP contribution in [-0.4, -0.2) is 28.1 Å². The summed E-state index contributed by atoms with van der Waals surface area (Å²) in [6.07, 6.45) is 1.42. The number of carbonyl (C=O) groups excluding carboxylic acids is 1. The molecule has 0 aliphatic rings. The predicted octanol–water partition coefficient (Wildman–Crippen LogP) is 2.92. The average molecular weight is 352 g/mol. The van der Waals surface area contributed by atoms with E-state index < -0.39 is 4.92 Å². The van der Waals surface area contributed by atoms with E-state index in [1.807, 2.05) is 24.3 Å². The summed E-state index contributed by atoms with van der Waals surface area (Å²) in [7, 11) is 1.57. The van der Waals surface area contributed by atoms with E-state index in [-0.39, 0.29) is 11.6 Å². The maximum Gasteiger partial charge on any atom is 0.269 e. The highest BCUT2D eigenvalue weighted by atomic mass is 16.6. The highest BCUT2D eigenvalue weighted by Gasteiger charge is 2.16. The highest BCUT2D eigenvalue weighted by molar-refractivity contribution is 5.99. The van der Waals surface area contributed by atoms with Crippen LogP contribution in [0, 0.1) is 10.1 Å². The fraction of sp³-hybridized carbons (Fsp3) is 0.111. The molecule has 0 atom stereocenters. The Morgan fingerprint density at radius 3 is 2.65 bits per heavy atom. The normalized spacial score (nSPS) is 10.3. The number of nitrogens with zero attached hydrogens (tertiary/aromatic N) is 2. The van der Waals surface area contributed by atoms with Crippen molar-refractivity contribution in [2.45, 2.75) is 6.54 Å². The fourth-order valence-corrected chi connectivity index (χ4v) is 2.55. The third kappa shape index (κ3) is 3.54. The van der Waals surface area contributed by atoms with Crippen LogP contribution in [0.25, 0.3) is 11.3 Å². The number of hydrogen-bond donors (Lipinski definition) is 2. The second-order valence-electron chi connectivity index (χ2n) is 5.46. The van der Waals surface area contributed by atoms with Crippen LogP contribution in [0.15, 0.2) is 54.7 Å². The Bertz CT molecular complexity index is 934. The molecule has 3 aromatic rings. The van der Waals surface area contributed by atoms with Crippen molar-refractivity contribution in [1.29, 1.82) is 0 Å². The SMILES string of the molecule is COc1ccccc1CNC(=O)c1cn[nH]c1-c1ccc([N+](=O)[O-])cc1. The molecule has 1 aromatic heterocycles. The van der Waals surface area contributed by atoms with Gasteiger partial charge in [-0.25, -0.2) is 0 Å². The zero-order chi connectivity index (χ0) is 18.5. The van der Waals surface area contributed by atoms with Crippen LogP contribution in [0.1, 0.15) is 15.9 Å². The van der Waals surface area contributed by atoms with E-state index in [2.05, 4.69) is 15.5 Å². The lowest BCUT2D eigenvalue weighted by molar-refractivity contribution is -0.384. The second kappa shape index (κ2) is 7.47. The molecule has 0 fully saturated rings. The first kappa shape index (κ1) is 17.2. The second-order valence-corrected chi connectivity index (χ2v) is 5.46. The summed E-state index contributed by atoms with van der Waals surface area (Å²) in [5, 5.41) is 20.3. The third-order valence-corrected chi connectivity index (χ3v) is 3.88. The van der Waals surface area contributed by atoms with Crippen LogP contribution < -0.4 is 10.1 Å². The number of rotatable bonds is 6. The maximum atomic E-state index is 12.5. The number of aromatic nitrogens is 2. The van der Waals surface area contributed by atoms with Gasteiger partial charge in [0.15, 0.2) is 0 Å². The van der Waals surface area contributed by atoms with Crippen molar-refractivity contribution in [3.05, 3.63) is 76.0 Å². The summed E-state index contributed by atoms with van der Waals surface area (Å²) >= 11 is 0. The number of nitro benzene ring substituents is 1. The molecule has 0 unspecified atom stereocenters. The zero-order valence-corrected chi connectivity index (χ0v) is 13.9. The van der Waals surface area contributed by atoms with Gasteiger partial charge in [0, 0.05) is 29.8 Å². The van der Waals surface area contributed by atoms with Gasteiger partial charge in [-0.2, -0.15) is 5.10 Å². The van der Waals surface area contributed by atoms with Gasteiger partial charge in [0.25, 0.3) is 11.6 Å². The largest absolute Gasteiger partial charge is 0.496 e. The van der Waals surface area contributed by atoms with Crippen molar-refractivity contribution in [1.82, 2.24) is 15.5 Å². The first-order valence-corrected chi connectivity index (χ1v) is 7.78. The Morgan fingerprint density at radius 2 is 1.96 bits per heavy atom. The van der Waals surface area contributed by atoms with E-state index in [0.717, 1.165) is 5.56 Å². The van der Waals surface area contributed by atoms with Gasteiger partial charge < -0.3 is 10.1 Å². The number of aromatic amines is 1. The first-order chi connectivity index (χ1) is 12.6. The molecule has 0 saturated heterocycles. The number of nitro groups is 1. The van der Waals surface area contributed by atoms with Crippen LogP contribution >= 0.6 is 0 Å². The summed E-state index contributed by atoms with van der Waals surface area (Å²) in [5.41, 5.74) is 2.32. The van der Waals surface area contributed by atoms with E-state index in [1.165, 1.54) is 18.3 Å². The minimum atomic E-state index is -0.475. The molecule has 0 aliphatic heterocycles. The molecule has 0 spiro atoms. The topological polar surface area (TPSA) is 110 Å². The molecule has 3 rings (SSSR count). The lowest BCUT2D eigenvalue weighted by atomic mass is 10.1. The molecule has 1 heterocycles. The summed E-state index contributed by atoms with van der Waals surface area (Å²) < 4.78 is 5.27. The number of para-hydroxylation sites is 1. The molecule has 2 aromatic carbocycles. The number of ether oxygens (including phenoxy) is 1. The number of nitrogens with one attached hydrogen (secondary N) is 2. The monoisotopic (exact) mass is 352 g/mol. The van der Waals surface area contributed by atoms with Crippen molar-refractivity contribution < 1.29 is 14.5 Å². The van der Waals surface area contributed by atoms with Crippen molar-refractivity contribution in [2.24, 2.45) is 0 Å². The predicted molar refractivity (Wildman–Crippen MR) is 94.8 cm³/mol. The summed E-state index contributed by atoms with van der Waals surface area (Å²) in [4.78, 5) is 22.8. The van der Waals surface area contributed by atoms with Gasteiger partial charge in [0.1, 0.15) is 5.75 Å². The number of carbonyl (C=O) groups is 1. The molecule has 132 valence electrons. The van der Waals surface area contributed by atoms with Crippen LogP contribution in [0.5, 0.6) is 5.75 Å². The van der Waals surface area contributed by atoms with Crippen LogP contribution in [-0.2, 0) is 6.54 Å². The van der Waals surface area contributed by atoms with E-state index in [9.17, 15) is 14.9 Å². The van der Waals surface area contributed by atoms with E-state index in [4.69, 9.17) is 4.74 Å². The molecule has 0 aliphatic carbocycles. The quantitative estimate of drug-likeness (QED) is 0.523. The Morgan fingerprint density at radius 1 is 1.23 bits per heavy atom. The minimum absolute atomic E-state index is 0.0181. The van der Waals surface area contributed by atoms with Gasteiger partial charge in [0.05, 0.1) is 29.5 Å². The summed E-state index contributed by atoms with van der Waals surface area (Å²) in [5.74, 6) is 0.383. The molecule has 26 heavy (non-hydrogen) atoms. The Hall–Kier alpha value is -3.68. The van der Waals surface area contributed by atoms with Crippen molar-refractivity contribution in [3.63, 3.8) is 0 Å². The van der Waals surface area contributed by atoms with Gasteiger partial charge in [0.2, 0.25) is 0 Å². The molecule has 8 heteroatoms. The van der Waals surface area contributed by atoms with Crippen molar-refractivity contribution in [3.8, 4) is 17.0 Å². The van der Waals surface area contributed by atoms with E-state index >= 15 is 0 Å². The van der Waals surface area contributed by atoms with Gasteiger partial charge >= 0.3 is 0 Å². The number of amides is 1. The Labute approximate surface area is 149 Å². The number of non-ortho nitro benzene ring substituents is 1. The van der Waals surface area contributed by atoms with Gasteiger partial charge in [-0.15, -0.1) is 0 Å². The highest BCUT2D eigenvalue weighted by Crippen LogP contribution is 2.24. The molecule has 8 nitrogen and oxygen atoms in total. The first-order valence-electron chi connectivity index (χ1n) is 7.78. The summed E-state index contributed by atoms with van der Waals surface area (Å²) in [6.45, 7) is 0.299. The Balaban J connectivity index is 1.77. The molecule has 2 N–H and O–H groups in total. The molecule has 0 saturated carbocycles. The standard InChI is InChI=1S/C18H16N4O4/c1-26-16-5-3-2-4-13(16)10-19-18(23)15-11-20-21-17(15)12-6-8-14(9-7-12)22(24)25/h2-9,11H,10H2,1H3,(H,19,23)(H,20,21). The van der Waals surface area contributed by atoms with Gasteiger partial charge in [-0.05, 0) is 18.2 Å². The third-order valence-electron chi connectivity index (χ3n) is 3.88. The number of benzene rings is 2. The lowest BCUT2D eigenvalue weighted by Crippen LogP contribution is -2.23. The smallest absolute Gasteiger partial charge is 0.269 e. The maximum absolute atomic E-state index is 12.5. The fourth-order valence-electron chi connectivity index (χ4n) is 2.55. The molecular formula is C18H16N4O4. The number of H-pyrrole nitrogens is 1. The van der Waals surface area contributed by atoms with Crippen LogP contribution in [0.2, 0.25) is 0 Å². The lowest BCUT2D eigenvalue weighted by Gasteiger charge is -2.09. The van der Waals surface area contributed by atoms with Crippen molar-refractivity contribution >= 4 is 11.6 Å². The van der Waals surface area contributed by atoms with Gasteiger partial charge in [-0.1, -0.05) is 18.2 Å². The summed E-state index contributed by atoms with van der Waals surface area (Å²) in [6, 6.07) is 13.3. The minimum Gasteiger partial charge on any atom is -0.496 e. The van der Waals surface area contributed by atoms with E-state index in [1.54, 1.807) is 19.2 Å². The number of methoxy groups -OCH3 is 1. The number of hydrogen-bond acceptors (Lipinski definition) is 5. The van der Waals surface area contributed by atoms with Crippen LogP contribution in [0.4, 0.5) is 5.69 Å². The van der Waals surface area contributed by atoms with E-state index in [0.29, 0.717) is 29.1 Å². The Kier molecular flexibility index (Phi) is 4.93.